The van der Waals surface area contributed by atoms with Gasteiger partial charge in [-0.2, -0.15) is 25.3 Å². The van der Waals surface area contributed by atoms with Crippen molar-refractivity contribution in [1.29, 1.82) is 0 Å². The molecule has 0 rings (SSSR count). The van der Waals surface area contributed by atoms with E-state index in [2.05, 4.69) is 30.0 Å². The van der Waals surface area contributed by atoms with Gasteiger partial charge in [-0.3, -0.25) is 9.59 Å². The van der Waals surface area contributed by atoms with E-state index in [9.17, 15) is 9.59 Å². The molecule has 0 aliphatic heterocycles. The first-order chi connectivity index (χ1) is 4.57. The van der Waals surface area contributed by atoms with Crippen LogP contribution in [0, 0.1) is 0 Å². The highest BCUT2D eigenvalue weighted by molar-refractivity contribution is 7.81. The van der Waals surface area contributed by atoms with Crippen LogP contribution < -0.4 is 0 Å². The van der Waals surface area contributed by atoms with E-state index in [1.54, 1.807) is 0 Å². The van der Waals surface area contributed by atoms with Gasteiger partial charge in [-0.25, -0.2) is 0 Å². The molecule has 0 fully saturated rings. The minimum Gasteiger partial charge on any atom is -0.392 e. The van der Waals surface area contributed by atoms with Gasteiger partial charge in [0.2, 0.25) is 0 Å². The molecular formula is C5H8O3S2. The lowest BCUT2D eigenvalue weighted by atomic mass is 10.5. The second-order valence-electron chi connectivity index (χ2n) is 1.63. The second kappa shape index (κ2) is 4.62. The van der Waals surface area contributed by atoms with Gasteiger partial charge in [-0.1, -0.05) is 0 Å². The predicted octanol–water partition coefficient (Wildman–Crippen LogP) is 0.304. The maximum absolute atomic E-state index is 10.6. The van der Waals surface area contributed by atoms with E-state index < -0.39 is 17.2 Å². The fraction of sp³-hybridized carbons (Fsp3) is 0.600. The standard InChI is InChI=1S/C5H8O3S2/c1-3(10)5(7)8-4(6)2-9/h3,9-10H,2H2,1H3. The molecule has 10 heavy (non-hydrogen) atoms. The van der Waals surface area contributed by atoms with Crippen LogP contribution in [-0.4, -0.2) is 22.9 Å². The second-order valence-corrected chi connectivity index (χ2v) is 2.72. The van der Waals surface area contributed by atoms with E-state index >= 15 is 0 Å². The van der Waals surface area contributed by atoms with Crippen LogP contribution in [-0.2, 0) is 14.3 Å². The normalized spacial score (nSPS) is 12.3. The summed E-state index contributed by atoms with van der Waals surface area (Å²) in [5.74, 6) is -1.37. The fourth-order valence-electron chi connectivity index (χ4n) is 0.230. The van der Waals surface area contributed by atoms with Crippen molar-refractivity contribution in [3.63, 3.8) is 0 Å². The van der Waals surface area contributed by atoms with Crippen molar-refractivity contribution in [2.24, 2.45) is 0 Å². The Hall–Kier alpha value is -0.160. The van der Waals surface area contributed by atoms with Gasteiger partial charge in [0.25, 0.3) is 0 Å². The summed E-state index contributed by atoms with van der Waals surface area (Å²) >= 11 is 7.36. The number of thiol groups is 2. The maximum Gasteiger partial charge on any atom is 0.326 e. The lowest BCUT2D eigenvalue weighted by molar-refractivity contribution is -0.157. The van der Waals surface area contributed by atoms with Crippen molar-refractivity contribution in [2.75, 3.05) is 5.75 Å². The number of hydrogen-bond acceptors (Lipinski definition) is 5. The van der Waals surface area contributed by atoms with E-state index in [1.165, 1.54) is 6.92 Å². The molecule has 0 aromatic rings. The van der Waals surface area contributed by atoms with Crippen LogP contribution in [0.3, 0.4) is 0 Å². The zero-order valence-corrected chi connectivity index (χ0v) is 7.19. The van der Waals surface area contributed by atoms with Crippen LogP contribution in [0.4, 0.5) is 0 Å². The molecule has 0 saturated heterocycles. The predicted molar refractivity (Wildman–Crippen MR) is 43.4 cm³/mol. The number of carbonyl (C=O) groups excluding carboxylic acids is 2. The summed E-state index contributed by atoms with van der Waals surface area (Å²) in [4.78, 5) is 20.9. The smallest absolute Gasteiger partial charge is 0.326 e. The molecule has 0 aromatic heterocycles. The van der Waals surface area contributed by atoms with Crippen molar-refractivity contribution >= 4 is 37.2 Å². The summed E-state index contributed by atoms with van der Waals surface area (Å²) in [6.45, 7) is 1.53. The maximum atomic E-state index is 10.6. The average Bonchev–Trinajstić information content (AvgIpc) is 1.87. The van der Waals surface area contributed by atoms with Gasteiger partial charge in [0, 0.05) is 0 Å². The van der Waals surface area contributed by atoms with Crippen LogP contribution in [0.25, 0.3) is 0 Å². The Morgan fingerprint density at radius 1 is 1.60 bits per heavy atom. The van der Waals surface area contributed by atoms with Crippen molar-refractivity contribution in [3.05, 3.63) is 0 Å². The van der Waals surface area contributed by atoms with E-state index in [4.69, 9.17) is 0 Å². The minimum absolute atomic E-state index is 0.0910. The number of hydrogen-bond donors (Lipinski definition) is 2. The highest BCUT2D eigenvalue weighted by atomic mass is 32.1. The average molecular weight is 180 g/mol. The highest BCUT2D eigenvalue weighted by Gasteiger charge is 2.12. The van der Waals surface area contributed by atoms with Gasteiger partial charge in [0.15, 0.2) is 0 Å². The third-order valence-corrected chi connectivity index (χ3v) is 1.15. The molecule has 0 aliphatic rings. The van der Waals surface area contributed by atoms with Crippen LogP contribution >= 0.6 is 25.3 Å². The number of ether oxygens (including phenoxy) is 1. The van der Waals surface area contributed by atoms with Crippen LogP contribution in [0.2, 0.25) is 0 Å². The fourth-order valence-corrected chi connectivity index (χ4v) is 0.347. The molecule has 0 N–H and O–H groups in total. The Kier molecular flexibility index (Phi) is 4.55. The zero-order chi connectivity index (χ0) is 8.15. The summed E-state index contributed by atoms with van der Waals surface area (Å²) in [6.07, 6.45) is 0. The first-order valence-corrected chi connectivity index (χ1v) is 3.76. The largest absolute Gasteiger partial charge is 0.392 e. The lowest BCUT2D eigenvalue weighted by Gasteiger charge is -2.01. The third-order valence-electron chi connectivity index (χ3n) is 0.685. The molecule has 0 saturated carbocycles. The molecule has 1 atom stereocenters. The lowest BCUT2D eigenvalue weighted by Crippen LogP contribution is -2.19. The van der Waals surface area contributed by atoms with E-state index in [1.807, 2.05) is 0 Å². The molecular weight excluding hydrogens is 172 g/mol. The molecule has 0 spiro atoms. The molecule has 3 nitrogen and oxygen atoms in total. The highest BCUT2D eigenvalue weighted by Crippen LogP contribution is 1.96. The molecule has 0 radical (unpaired) electrons. The van der Waals surface area contributed by atoms with Crippen molar-refractivity contribution < 1.29 is 14.3 Å². The van der Waals surface area contributed by atoms with Crippen LogP contribution in [0.15, 0.2) is 0 Å². The quantitative estimate of drug-likeness (QED) is 0.365. The van der Waals surface area contributed by atoms with E-state index in [0.29, 0.717) is 0 Å². The molecule has 0 bridgehead atoms. The van der Waals surface area contributed by atoms with Crippen LogP contribution in [0.5, 0.6) is 0 Å². The molecule has 58 valence electrons. The Labute approximate surface area is 69.9 Å². The van der Waals surface area contributed by atoms with Crippen molar-refractivity contribution in [1.82, 2.24) is 0 Å². The molecule has 1 unspecified atom stereocenters. The Morgan fingerprint density at radius 3 is 2.40 bits per heavy atom. The molecule has 0 amide bonds. The van der Waals surface area contributed by atoms with Gasteiger partial charge in [0.1, 0.15) is 0 Å². The summed E-state index contributed by atoms with van der Waals surface area (Å²) in [6, 6.07) is 0. The zero-order valence-electron chi connectivity index (χ0n) is 5.40. The summed E-state index contributed by atoms with van der Waals surface area (Å²) < 4.78 is 4.23. The molecule has 0 aromatic carbocycles. The number of esters is 2. The number of carbonyl (C=O) groups is 2. The molecule has 0 aliphatic carbocycles. The van der Waals surface area contributed by atoms with Crippen LogP contribution in [0.1, 0.15) is 6.92 Å². The minimum atomic E-state index is -0.644. The van der Waals surface area contributed by atoms with Crippen molar-refractivity contribution in [3.8, 4) is 0 Å². The summed E-state index contributed by atoms with van der Waals surface area (Å²) in [5.41, 5.74) is 0. The summed E-state index contributed by atoms with van der Waals surface area (Å²) in [7, 11) is 0. The van der Waals surface area contributed by atoms with Gasteiger partial charge >= 0.3 is 11.9 Å². The Morgan fingerprint density at radius 2 is 2.10 bits per heavy atom. The van der Waals surface area contributed by atoms with Gasteiger partial charge in [0.05, 0.1) is 11.0 Å². The third kappa shape index (κ3) is 3.79. The monoisotopic (exact) mass is 180 g/mol. The van der Waals surface area contributed by atoms with E-state index in [0.717, 1.165) is 0 Å². The van der Waals surface area contributed by atoms with Gasteiger partial charge < -0.3 is 4.74 Å². The number of rotatable bonds is 2. The van der Waals surface area contributed by atoms with Gasteiger partial charge in [-0.05, 0) is 6.92 Å². The Balaban J connectivity index is 3.69. The first-order valence-electron chi connectivity index (χ1n) is 2.61. The summed E-state index contributed by atoms with van der Waals surface area (Å²) in [5, 5.41) is -0.566. The van der Waals surface area contributed by atoms with E-state index in [-0.39, 0.29) is 5.75 Å². The topological polar surface area (TPSA) is 43.4 Å². The molecule has 5 heteroatoms. The molecule has 0 heterocycles. The van der Waals surface area contributed by atoms with Crippen molar-refractivity contribution in [2.45, 2.75) is 12.2 Å². The first kappa shape index (κ1) is 9.84. The van der Waals surface area contributed by atoms with Gasteiger partial charge in [-0.15, -0.1) is 0 Å². The SMILES string of the molecule is CC(S)C(=O)OC(=O)CS. The Bertz CT molecular complexity index is 144.